The molecule has 2 heterocycles. The fourth-order valence-corrected chi connectivity index (χ4v) is 3.64. The van der Waals surface area contributed by atoms with Crippen LogP contribution in [0.3, 0.4) is 0 Å². The van der Waals surface area contributed by atoms with Gasteiger partial charge < -0.3 is 15.6 Å². The van der Waals surface area contributed by atoms with Crippen LogP contribution in [0, 0.1) is 5.82 Å². The number of fused-ring (bicyclic) bond motifs is 1. The molecule has 1 amide bonds. The van der Waals surface area contributed by atoms with Crippen molar-refractivity contribution in [2.24, 2.45) is 5.73 Å². The molecular weight excluding hydrogens is 369 g/mol. The Morgan fingerprint density at radius 3 is 2.72 bits per heavy atom. The number of amides is 1. The molecule has 3 N–H and O–H groups in total. The summed E-state index contributed by atoms with van der Waals surface area (Å²) in [5.74, 6) is 0.598. The van der Waals surface area contributed by atoms with E-state index in [0.29, 0.717) is 22.6 Å². The van der Waals surface area contributed by atoms with Gasteiger partial charge in [-0.1, -0.05) is 36.8 Å². The maximum absolute atomic E-state index is 14.6. The van der Waals surface area contributed by atoms with Gasteiger partial charge in [0.15, 0.2) is 5.82 Å². The molecule has 1 unspecified atom stereocenters. The molecule has 1 aromatic heterocycles. The minimum atomic E-state index is -1.22. The highest BCUT2D eigenvalue weighted by Crippen LogP contribution is 2.28. The molecule has 0 saturated carbocycles. The number of benzene rings is 2. The number of rotatable bonds is 4. The molecule has 0 aliphatic carbocycles. The van der Waals surface area contributed by atoms with Crippen molar-refractivity contribution in [3.05, 3.63) is 65.7 Å². The topological polar surface area (TPSA) is 85.8 Å². The Hall–Kier alpha value is -3.06. The summed E-state index contributed by atoms with van der Waals surface area (Å²) in [4.78, 5) is 12.8. The second-order valence-corrected chi connectivity index (χ2v) is 7.62. The number of nitrogens with two attached hydrogens (primary N) is 1. The van der Waals surface area contributed by atoms with Crippen molar-refractivity contribution >= 4 is 11.6 Å². The van der Waals surface area contributed by atoms with Crippen LogP contribution in [0.4, 0.5) is 10.1 Å². The van der Waals surface area contributed by atoms with Crippen LogP contribution in [0.25, 0.3) is 11.4 Å². The lowest BCUT2D eigenvalue weighted by molar-refractivity contribution is -0.120. The quantitative estimate of drug-likeness (QED) is 0.709. The highest BCUT2D eigenvalue weighted by atomic mass is 19.1. The first kappa shape index (κ1) is 19.3. The maximum Gasteiger partial charge on any atom is 0.248 e. The Morgan fingerprint density at radius 1 is 1.14 bits per heavy atom. The number of aromatic nitrogens is 3. The number of halogens is 1. The first-order valence-electron chi connectivity index (χ1n) is 9.84. The number of carbonyl (C=O) groups is 1. The Balaban J connectivity index is 1.63. The minimum Gasteiger partial charge on any atom is -0.324 e. The average Bonchev–Trinajstić information content (AvgIpc) is 2.97. The van der Waals surface area contributed by atoms with Crippen LogP contribution in [-0.2, 0) is 23.3 Å². The lowest BCUT2D eigenvalue weighted by atomic mass is 9.92. The van der Waals surface area contributed by atoms with Gasteiger partial charge in [-0.3, -0.25) is 4.79 Å². The number of anilines is 1. The summed E-state index contributed by atoms with van der Waals surface area (Å²) in [6.07, 6.45) is 4.04. The molecule has 29 heavy (non-hydrogen) atoms. The SMILES string of the molecule is CC(N)(C(=O)Nc1ccc(F)c(-c2nnc3n2CCCCC3)c1)c1ccccc1. The number of carbonyl (C=O) groups excluding carboxylic acids is 1. The third-order valence-electron chi connectivity index (χ3n) is 5.42. The molecule has 6 nitrogen and oxygen atoms in total. The van der Waals surface area contributed by atoms with Gasteiger partial charge in [-0.25, -0.2) is 4.39 Å². The number of nitrogens with zero attached hydrogens (tertiary/aromatic N) is 3. The third-order valence-corrected chi connectivity index (χ3v) is 5.42. The number of hydrogen-bond donors (Lipinski definition) is 2. The van der Waals surface area contributed by atoms with E-state index in [4.69, 9.17) is 5.73 Å². The molecule has 0 bridgehead atoms. The van der Waals surface area contributed by atoms with E-state index in [-0.39, 0.29) is 5.91 Å². The van der Waals surface area contributed by atoms with Gasteiger partial charge in [-0.15, -0.1) is 10.2 Å². The van der Waals surface area contributed by atoms with Crippen LogP contribution in [-0.4, -0.2) is 20.7 Å². The second kappa shape index (κ2) is 7.75. The monoisotopic (exact) mass is 393 g/mol. The van der Waals surface area contributed by atoms with E-state index in [0.717, 1.165) is 38.1 Å². The van der Waals surface area contributed by atoms with Gasteiger partial charge in [-0.2, -0.15) is 0 Å². The van der Waals surface area contributed by atoms with E-state index in [2.05, 4.69) is 15.5 Å². The van der Waals surface area contributed by atoms with E-state index in [1.165, 1.54) is 12.1 Å². The molecule has 1 atom stereocenters. The van der Waals surface area contributed by atoms with E-state index in [9.17, 15) is 9.18 Å². The van der Waals surface area contributed by atoms with E-state index < -0.39 is 11.4 Å². The van der Waals surface area contributed by atoms with Gasteiger partial charge in [0.2, 0.25) is 5.91 Å². The molecule has 0 fully saturated rings. The zero-order valence-electron chi connectivity index (χ0n) is 16.4. The van der Waals surface area contributed by atoms with Crippen LogP contribution >= 0.6 is 0 Å². The molecule has 0 saturated heterocycles. The second-order valence-electron chi connectivity index (χ2n) is 7.62. The number of aryl methyl sites for hydroxylation is 1. The zero-order chi connectivity index (χ0) is 20.4. The standard InChI is InChI=1S/C22H24FN5O/c1-22(24,15-8-4-2-5-9-15)21(29)25-16-11-12-18(23)17(14-16)20-27-26-19-10-6-3-7-13-28(19)20/h2,4-5,8-9,11-12,14H,3,6-7,10,13,24H2,1H3,(H,25,29). The fraction of sp³-hybridized carbons (Fsp3) is 0.318. The van der Waals surface area contributed by atoms with E-state index in [1.807, 2.05) is 22.8 Å². The molecule has 3 aromatic rings. The molecule has 1 aliphatic heterocycles. The summed E-state index contributed by atoms with van der Waals surface area (Å²) in [5, 5.41) is 11.3. The van der Waals surface area contributed by atoms with Crippen molar-refractivity contribution in [2.45, 2.75) is 44.7 Å². The summed E-state index contributed by atoms with van der Waals surface area (Å²) >= 11 is 0. The summed E-state index contributed by atoms with van der Waals surface area (Å²) in [6.45, 7) is 2.42. The minimum absolute atomic E-state index is 0.321. The number of hydrogen-bond acceptors (Lipinski definition) is 4. The average molecular weight is 393 g/mol. The van der Waals surface area contributed by atoms with Gasteiger partial charge >= 0.3 is 0 Å². The van der Waals surface area contributed by atoms with E-state index >= 15 is 0 Å². The first-order chi connectivity index (χ1) is 14.0. The van der Waals surface area contributed by atoms with Gasteiger partial charge in [0.05, 0.1) is 5.56 Å². The molecular formula is C22H24FN5O. The van der Waals surface area contributed by atoms with Gasteiger partial charge in [-0.05, 0) is 43.5 Å². The lowest BCUT2D eigenvalue weighted by Gasteiger charge is -2.24. The van der Waals surface area contributed by atoms with Crippen molar-refractivity contribution < 1.29 is 9.18 Å². The van der Waals surface area contributed by atoms with Crippen molar-refractivity contribution in [3.63, 3.8) is 0 Å². The summed E-state index contributed by atoms with van der Waals surface area (Å²) in [7, 11) is 0. The van der Waals surface area contributed by atoms with Gasteiger partial charge in [0, 0.05) is 18.7 Å². The molecule has 0 radical (unpaired) electrons. The van der Waals surface area contributed by atoms with Crippen molar-refractivity contribution in [1.29, 1.82) is 0 Å². The Morgan fingerprint density at radius 2 is 1.93 bits per heavy atom. The number of nitrogens with one attached hydrogen (secondary N) is 1. The summed E-state index contributed by atoms with van der Waals surface area (Å²) in [5.41, 5.74) is 6.55. The molecule has 1 aliphatic rings. The first-order valence-corrected chi connectivity index (χ1v) is 9.84. The van der Waals surface area contributed by atoms with Crippen LogP contribution < -0.4 is 11.1 Å². The molecule has 0 spiro atoms. The zero-order valence-corrected chi connectivity index (χ0v) is 16.4. The Bertz CT molecular complexity index is 1030. The largest absolute Gasteiger partial charge is 0.324 e. The summed E-state index contributed by atoms with van der Waals surface area (Å²) < 4.78 is 16.6. The molecule has 4 rings (SSSR count). The smallest absolute Gasteiger partial charge is 0.248 e. The third kappa shape index (κ3) is 3.78. The predicted octanol–water partition coefficient (Wildman–Crippen LogP) is 3.62. The maximum atomic E-state index is 14.6. The molecule has 150 valence electrons. The van der Waals surface area contributed by atoms with Gasteiger partial charge in [0.1, 0.15) is 17.2 Å². The van der Waals surface area contributed by atoms with Crippen LogP contribution in [0.2, 0.25) is 0 Å². The van der Waals surface area contributed by atoms with Crippen molar-refractivity contribution in [2.75, 3.05) is 5.32 Å². The molecule has 2 aromatic carbocycles. The van der Waals surface area contributed by atoms with Crippen molar-refractivity contribution in [1.82, 2.24) is 14.8 Å². The lowest BCUT2D eigenvalue weighted by Crippen LogP contribution is -2.45. The van der Waals surface area contributed by atoms with Crippen LogP contribution in [0.1, 0.15) is 37.6 Å². The Labute approximate surface area is 169 Å². The highest BCUT2D eigenvalue weighted by molar-refractivity contribution is 5.98. The predicted molar refractivity (Wildman–Crippen MR) is 110 cm³/mol. The van der Waals surface area contributed by atoms with E-state index in [1.54, 1.807) is 25.1 Å². The summed E-state index contributed by atoms with van der Waals surface area (Å²) in [6, 6.07) is 13.6. The Kier molecular flexibility index (Phi) is 5.15. The highest BCUT2D eigenvalue weighted by Gasteiger charge is 2.30. The molecule has 7 heteroatoms. The van der Waals surface area contributed by atoms with Crippen LogP contribution in [0.5, 0.6) is 0 Å². The van der Waals surface area contributed by atoms with Crippen LogP contribution in [0.15, 0.2) is 48.5 Å². The van der Waals surface area contributed by atoms with Crippen molar-refractivity contribution in [3.8, 4) is 11.4 Å². The van der Waals surface area contributed by atoms with Gasteiger partial charge in [0.25, 0.3) is 0 Å². The normalized spacial score (nSPS) is 15.8. The fourth-order valence-electron chi connectivity index (χ4n) is 3.64.